The number of carbonyl (C=O) groups is 3. The van der Waals surface area contributed by atoms with Crippen molar-refractivity contribution < 1.29 is 29.1 Å². The number of thioether (sulfide) groups is 1. The Balaban J connectivity index is 1.86. The van der Waals surface area contributed by atoms with Crippen molar-refractivity contribution in [2.45, 2.75) is 30.1 Å². The zero-order valence-corrected chi connectivity index (χ0v) is 18.8. The lowest BCUT2D eigenvalue weighted by Crippen LogP contribution is -2.11. The number of hydrogen-bond acceptors (Lipinski definition) is 9. The molecule has 31 heavy (non-hydrogen) atoms. The van der Waals surface area contributed by atoms with Crippen molar-refractivity contribution in [2.75, 3.05) is 19.0 Å². The Morgan fingerprint density at radius 2 is 1.58 bits per heavy atom. The van der Waals surface area contributed by atoms with Crippen molar-refractivity contribution in [3.8, 4) is 5.75 Å². The molecule has 2 rings (SSSR count). The molecule has 0 saturated carbocycles. The number of ether oxygens (including phenoxy) is 1. The van der Waals surface area contributed by atoms with E-state index in [0.29, 0.717) is 23.7 Å². The van der Waals surface area contributed by atoms with Crippen molar-refractivity contribution in [2.24, 2.45) is 5.16 Å². The van der Waals surface area contributed by atoms with Gasteiger partial charge in [-0.3, -0.25) is 9.59 Å². The molecule has 0 atom stereocenters. The Morgan fingerprint density at radius 1 is 0.968 bits per heavy atom. The van der Waals surface area contributed by atoms with Gasteiger partial charge in [-0.25, -0.2) is 4.79 Å². The maximum atomic E-state index is 12.3. The number of aliphatic hydroxyl groups is 1. The molecule has 0 spiro atoms. The van der Waals surface area contributed by atoms with Gasteiger partial charge in [0.2, 0.25) is 5.78 Å². The average Bonchev–Trinajstić information content (AvgIpc) is 2.77. The van der Waals surface area contributed by atoms with Crippen molar-refractivity contribution in [3.05, 3.63) is 54.1 Å². The van der Waals surface area contributed by atoms with Gasteiger partial charge in [-0.15, -0.1) is 0 Å². The Labute approximate surface area is 189 Å². The minimum Gasteiger partial charge on any atom is -0.493 e. The molecule has 0 heterocycles. The summed E-state index contributed by atoms with van der Waals surface area (Å²) in [6.45, 7) is 2.98. The SMILES string of the molecule is CC(=O)O/N=C(\C)C(=O)c1ccc(Sc2ccc(OCCC(=O)SCCO)cc2)cc1. The molecule has 0 unspecified atom stereocenters. The van der Waals surface area contributed by atoms with Gasteiger partial charge in [0, 0.05) is 28.0 Å². The van der Waals surface area contributed by atoms with Gasteiger partial charge in [0.05, 0.1) is 19.6 Å². The number of aliphatic hydroxyl groups excluding tert-OH is 1. The van der Waals surface area contributed by atoms with Crippen LogP contribution in [-0.4, -0.2) is 46.7 Å². The fraction of sp³-hybridized carbons (Fsp3) is 0.273. The standard InChI is InChI=1S/C22H23NO6S2/c1-15(23-29-16(2)25)22(27)17-3-7-19(8-4-17)31-20-9-5-18(6-10-20)28-13-11-21(26)30-14-12-24/h3-10,24H,11-14H2,1-2H3/b23-15+. The first-order chi connectivity index (χ1) is 14.9. The molecule has 0 saturated heterocycles. The van der Waals surface area contributed by atoms with Crippen LogP contribution in [0.2, 0.25) is 0 Å². The highest BCUT2D eigenvalue weighted by Crippen LogP contribution is 2.29. The van der Waals surface area contributed by atoms with E-state index < -0.39 is 5.97 Å². The van der Waals surface area contributed by atoms with Crippen LogP contribution in [0.15, 0.2) is 63.5 Å². The molecule has 164 valence electrons. The van der Waals surface area contributed by atoms with E-state index in [-0.39, 0.29) is 29.6 Å². The monoisotopic (exact) mass is 461 g/mol. The highest BCUT2D eigenvalue weighted by atomic mass is 32.2. The first-order valence-corrected chi connectivity index (χ1v) is 11.2. The molecule has 1 N–H and O–H groups in total. The van der Waals surface area contributed by atoms with Crippen molar-refractivity contribution in [1.29, 1.82) is 0 Å². The summed E-state index contributed by atoms with van der Waals surface area (Å²) in [4.78, 5) is 41.0. The van der Waals surface area contributed by atoms with Crippen molar-refractivity contribution in [3.63, 3.8) is 0 Å². The summed E-state index contributed by atoms with van der Waals surface area (Å²) in [5.74, 6) is 0.183. The maximum Gasteiger partial charge on any atom is 0.331 e. The number of Topliss-reactive ketones (excluding diaryl/α,β-unsaturated/α-hetero) is 1. The average molecular weight is 462 g/mol. The molecule has 0 aromatic heterocycles. The molecular formula is C22H23NO6S2. The lowest BCUT2D eigenvalue weighted by molar-refractivity contribution is -0.140. The lowest BCUT2D eigenvalue weighted by atomic mass is 10.1. The van der Waals surface area contributed by atoms with E-state index in [1.807, 2.05) is 36.4 Å². The van der Waals surface area contributed by atoms with Gasteiger partial charge >= 0.3 is 5.97 Å². The zero-order valence-electron chi connectivity index (χ0n) is 17.2. The van der Waals surface area contributed by atoms with Gasteiger partial charge in [0.1, 0.15) is 11.5 Å². The zero-order chi connectivity index (χ0) is 22.6. The topological polar surface area (TPSA) is 102 Å². The third-order valence-electron chi connectivity index (χ3n) is 3.74. The van der Waals surface area contributed by atoms with E-state index in [0.717, 1.165) is 21.6 Å². The normalized spacial score (nSPS) is 11.1. The smallest absolute Gasteiger partial charge is 0.331 e. The van der Waals surface area contributed by atoms with Crippen molar-refractivity contribution >= 4 is 46.1 Å². The molecule has 0 amide bonds. The van der Waals surface area contributed by atoms with Gasteiger partial charge in [-0.1, -0.05) is 28.7 Å². The van der Waals surface area contributed by atoms with Crippen LogP contribution >= 0.6 is 23.5 Å². The Kier molecular flexibility index (Phi) is 10.3. The summed E-state index contributed by atoms with van der Waals surface area (Å²) in [5.41, 5.74) is 0.549. The number of rotatable bonds is 11. The summed E-state index contributed by atoms with van der Waals surface area (Å²) in [6.07, 6.45) is 0.289. The molecule has 0 aliphatic heterocycles. The molecule has 0 fully saturated rings. The molecule has 0 aliphatic rings. The van der Waals surface area contributed by atoms with Crippen molar-refractivity contribution in [1.82, 2.24) is 0 Å². The fourth-order valence-corrected chi connectivity index (χ4v) is 3.64. The molecule has 0 aliphatic carbocycles. The first-order valence-electron chi connectivity index (χ1n) is 9.43. The number of ketones is 1. The van der Waals surface area contributed by atoms with E-state index in [9.17, 15) is 14.4 Å². The molecule has 0 bridgehead atoms. The van der Waals surface area contributed by atoms with E-state index in [2.05, 4.69) is 9.99 Å². The van der Waals surface area contributed by atoms with Gasteiger partial charge < -0.3 is 14.7 Å². The van der Waals surface area contributed by atoms with E-state index >= 15 is 0 Å². The number of benzene rings is 2. The van der Waals surface area contributed by atoms with Crippen LogP contribution < -0.4 is 4.74 Å². The second-order valence-corrected chi connectivity index (χ2v) is 8.53. The molecule has 0 radical (unpaired) electrons. The van der Waals surface area contributed by atoms with Crippen LogP contribution in [-0.2, 0) is 14.4 Å². The first kappa shape index (κ1) is 24.6. The quantitative estimate of drug-likeness (QED) is 0.232. The van der Waals surface area contributed by atoms with Crippen LogP contribution in [0.3, 0.4) is 0 Å². The lowest BCUT2D eigenvalue weighted by Gasteiger charge is -2.07. The summed E-state index contributed by atoms with van der Waals surface area (Å²) >= 11 is 2.63. The second-order valence-electron chi connectivity index (χ2n) is 6.23. The van der Waals surface area contributed by atoms with Gasteiger partial charge in [-0.05, 0) is 55.5 Å². The number of carbonyl (C=O) groups excluding carboxylic acids is 3. The summed E-state index contributed by atoms with van der Waals surface area (Å²) < 4.78 is 5.57. The number of hydrogen-bond donors (Lipinski definition) is 1. The minimum atomic E-state index is -0.583. The molecular weight excluding hydrogens is 438 g/mol. The predicted molar refractivity (Wildman–Crippen MR) is 121 cm³/mol. The molecule has 2 aromatic carbocycles. The second kappa shape index (κ2) is 12.9. The van der Waals surface area contributed by atoms with Gasteiger partial charge in [0.15, 0.2) is 5.12 Å². The van der Waals surface area contributed by atoms with Crippen LogP contribution in [0.1, 0.15) is 30.6 Å². The maximum absolute atomic E-state index is 12.3. The van der Waals surface area contributed by atoms with E-state index in [4.69, 9.17) is 9.84 Å². The third-order valence-corrected chi connectivity index (χ3v) is 5.67. The van der Waals surface area contributed by atoms with Gasteiger partial charge in [0.25, 0.3) is 0 Å². The summed E-state index contributed by atoms with van der Waals surface area (Å²) in [6, 6.07) is 14.5. The van der Waals surface area contributed by atoms with E-state index in [1.165, 1.54) is 25.6 Å². The molecule has 2 aromatic rings. The number of oxime groups is 1. The Hall–Kier alpha value is -2.62. The Bertz CT molecular complexity index is 926. The summed E-state index contributed by atoms with van der Waals surface area (Å²) in [7, 11) is 0. The number of nitrogens with zero attached hydrogens (tertiary/aromatic N) is 1. The fourth-order valence-electron chi connectivity index (χ4n) is 2.28. The Morgan fingerprint density at radius 3 is 2.16 bits per heavy atom. The highest BCUT2D eigenvalue weighted by molar-refractivity contribution is 8.13. The molecule has 9 heteroatoms. The van der Waals surface area contributed by atoms with E-state index in [1.54, 1.807) is 12.1 Å². The van der Waals surface area contributed by atoms with Crippen LogP contribution in [0.25, 0.3) is 0 Å². The van der Waals surface area contributed by atoms with Crippen LogP contribution in [0, 0.1) is 0 Å². The largest absolute Gasteiger partial charge is 0.493 e. The summed E-state index contributed by atoms with van der Waals surface area (Å²) in [5, 5.41) is 12.2. The highest BCUT2D eigenvalue weighted by Gasteiger charge is 2.11. The molecule has 7 nitrogen and oxygen atoms in total. The van der Waals surface area contributed by atoms with Gasteiger partial charge in [-0.2, -0.15) is 0 Å². The predicted octanol–water partition coefficient (Wildman–Crippen LogP) is 3.98. The third kappa shape index (κ3) is 8.95. The minimum absolute atomic E-state index is 0.00371. The van der Waals surface area contributed by atoms with Crippen LogP contribution in [0.5, 0.6) is 5.75 Å². The van der Waals surface area contributed by atoms with Crippen LogP contribution in [0.4, 0.5) is 0 Å².